The molecule has 2 heterocycles. The number of nitrogens with zero attached hydrogens (tertiary/aromatic N) is 3. The first-order valence-electron chi connectivity index (χ1n) is 10.5. The number of sulfonamides is 1. The van der Waals surface area contributed by atoms with E-state index >= 15 is 0 Å². The molecule has 11 heteroatoms. The normalized spacial score (nSPS) is 12.8. The van der Waals surface area contributed by atoms with E-state index in [-0.39, 0.29) is 17.4 Å². The van der Waals surface area contributed by atoms with E-state index in [1.165, 1.54) is 11.8 Å². The maximum atomic E-state index is 12.8. The highest BCUT2D eigenvalue weighted by molar-refractivity contribution is 7.98. The van der Waals surface area contributed by atoms with Crippen LogP contribution in [0.2, 0.25) is 0 Å². The Hall–Kier alpha value is -2.21. The van der Waals surface area contributed by atoms with Gasteiger partial charge in [-0.15, -0.1) is 21.5 Å². The van der Waals surface area contributed by atoms with Crippen molar-refractivity contribution in [1.82, 2.24) is 19.5 Å². The van der Waals surface area contributed by atoms with Gasteiger partial charge in [0.05, 0.1) is 16.4 Å². The fourth-order valence-electron chi connectivity index (χ4n) is 3.14. The van der Waals surface area contributed by atoms with E-state index in [1.54, 1.807) is 42.5 Å². The van der Waals surface area contributed by atoms with Crippen molar-refractivity contribution in [2.24, 2.45) is 13.0 Å². The minimum Gasteiger partial charge on any atom is -0.465 e. The van der Waals surface area contributed by atoms with Gasteiger partial charge in [-0.3, -0.25) is 4.79 Å². The number of nitrogens with one attached hydrogen (secondary N) is 1. The lowest BCUT2D eigenvalue weighted by molar-refractivity contribution is -0.145. The summed E-state index contributed by atoms with van der Waals surface area (Å²) < 4.78 is 35.2. The fourth-order valence-corrected chi connectivity index (χ4v) is 5.94. The zero-order valence-electron chi connectivity index (χ0n) is 19.0. The smallest absolute Gasteiger partial charge is 0.324 e. The van der Waals surface area contributed by atoms with Crippen LogP contribution in [0.4, 0.5) is 0 Å². The highest BCUT2D eigenvalue weighted by atomic mass is 32.2. The van der Waals surface area contributed by atoms with Gasteiger partial charge in [0, 0.05) is 12.8 Å². The number of thiophene rings is 1. The first kappa shape index (κ1) is 25.4. The molecule has 3 aromatic rings. The molecule has 0 aliphatic carbocycles. The highest BCUT2D eigenvalue weighted by Crippen LogP contribution is 2.28. The third-order valence-corrected chi connectivity index (χ3v) is 8.20. The third-order valence-electron chi connectivity index (χ3n) is 4.75. The second-order valence-corrected chi connectivity index (χ2v) is 11.4. The van der Waals surface area contributed by atoms with Crippen molar-refractivity contribution < 1.29 is 17.9 Å². The lowest BCUT2D eigenvalue weighted by atomic mass is 10.1. The van der Waals surface area contributed by atoms with E-state index in [1.807, 2.05) is 43.0 Å². The summed E-state index contributed by atoms with van der Waals surface area (Å²) in [6.07, 6.45) is 0.359. The van der Waals surface area contributed by atoms with E-state index in [2.05, 4.69) is 14.9 Å². The predicted octanol–water partition coefficient (Wildman–Crippen LogP) is 4.09. The Bertz CT molecular complexity index is 1160. The summed E-state index contributed by atoms with van der Waals surface area (Å²) in [6.45, 7) is 5.74. The number of hydrogen-bond acceptors (Lipinski definition) is 8. The molecular formula is C22H28N4O4S3. The van der Waals surface area contributed by atoms with Crippen molar-refractivity contribution in [3.8, 4) is 10.7 Å². The van der Waals surface area contributed by atoms with Crippen LogP contribution in [0.25, 0.3) is 10.7 Å². The topological polar surface area (TPSA) is 103 Å². The van der Waals surface area contributed by atoms with Crippen LogP contribution in [0.1, 0.15) is 32.8 Å². The molecule has 0 spiro atoms. The molecule has 8 nitrogen and oxygen atoms in total. The van der Waals surface area contributed by atoms with Crippen LogP contribution < -0.4 is 4.72 Å². The van der Waals surface area contributed by atoms with Crippen molar-refractivity contribution in [2.45, 2.75) is 49.0 Å². The summed E-state index contributed by atoms with van der Waals surface area (Å²) in [5, 5.41) is 11.3. The molecule has 0 amide bonds. The Morgan fingerprint density at radius 1 is 1.21 bits per heavy atom. The van der Waals surface area contributed by atoms with Gasteiger partial charge in [-0.05, 0) is 48.4 Å². The van der Waals surface area contributed by atoms with Crippen molar-refractivity contribution in [2.75, 3.05) is 6.61 Å². The van der Waals surface area contributed by atoms with Gasteiger partial charge >= 0.3 is 5.97 Å². The summed E-state index contributed by atoms with van der Waals surface area (Å²) in [6, 6.07) is 9.68. The predicted molar refractivity (Wildman–Crippen MR) is 131 cm³/mol. The number of benzene rings is 1. The van der Waals surface area contributed by atoms with Gasteiger partial charge in [0.1, 0.15) is 6.04 Å². The standard InChI is InChI=1S/C22H28N4O4S3/c1-5-30-21(27)18(13-15(2)3)25-33(28,29)17-10-8-16(9-11-17)14-32-22-24-23-20(26(22)4)19-7-6-12-31-19/h6-12,15,18,25H,5,13-14H2,1-4H3/t18-/m0/s1. The summed E-state index contributed by atoms with van der Waals surface area (Å²) in [4.78, 5) is 13.4. The Labute approximate surface area is 202 Å². The minimum atomic E-state index is -3.86. The number of hydrogen-bond donors (Lipinski definition) is 1. The first-order chi connectivity index (χ1) is 15.7. The highest BCUT2D eigenvalue weighted by Gasteiger charge is 2.27. The maximum Gasteiger partial charge on any atom is 0.324 e. The number of carbonyl (C=O) groups excluding carboxylic acids is 1. The van der Waals surface area contributed by atoms with Gasteiger partial charge in [-0.25, -0.2) is 8.42 Å². The van der Waals surface area contributed by atoms with E-state index in [9.17, 15) is 13.2 Å². The molecule has 0 fully saturated rings. The molecule has 0 bridgehead atoms. The van der Waals surface area contributed by atoms with E-state index in [0.29, 0.717) is 12.2 Å². The van der Waals surface area contributed by atoms with Crippen LogP contribution in [0.5, 0.6) is 0 Å². The summed E-state index contributed by atoms with van der Waals surface area (Å²) in [5.41, 5.74) is 0.948. The Balaban J connectivity index is 1.66. The van der Waals surface area contributed by atoms with Crippen molar-refractivity contribution in [3.63, 3.8) is 0 Å². The number of ether oxygens (including phenoxy) is 1. The quantitative estimate of drug-likeness (QED) is 0.307. The van der Waals surface area contributed by atoms with Gasteiger partial charge in [0.15, 0.2) is 11.0 Å². The molecule has 0 saturated carbocycles. The van der Waals surface area contributed by atoms with E-state index in [4.69, 9.17) is 4.74 Å². The Kier molecular flexibility index (Phi) is 8.69. The summed E-state index contributed by atoms with van der Waals surface area (Å²) in [5.74, 6) is 0.997. The van der Waals surface area contributed by atoms with Gasteiger partial charge in [0.2, 0.25) is 10.0 Å². The second kappa shape index (κ2) is 11.3. The molecule has 2 aromatic heterocycles. The number of carbonyl (C=O) groups is 1. The summed E-state index contributed by atoms with van der Waals surface area (Å²) >= 11 is 3.14. The fraction of sp³-hybridized carbons (Fsp3) is 0.409. The zero-order valence-corrected chi connectivity index (χ0v) is 21.5. The van der Waals surface area contributed by atoms with Crippen LogP contribution >= 0.6 is 23.1 Å². The van der Waals surface area contributed by atoms with E-state index < -0.39 is 22.0 Å². The monoisotopic (exact) mass is 508 g/mol. The van der Waals surface area contributed by atoms with E-state index in [0.717, 1.165) is 21.4 Å². The molecule has 1 atom stereocenters. The number of thioether (sulfide) groups is 1. The molecule has 0 radical (unpaired) electrons. The third kappa shape index (κ3) is 6.66. The van der Waals surface area contributed by atoms with Crippen LogP contribution in [-0.2, 0) is 32.4 Å². The largest absolute Gasteiger partial charge is 0.465 e. The van der Waals surface area contributed by atoms with Gasteiger partial charge in [-0.1, -0.05) is 43.8 Å². The van der Waals surface area contributed by atoms with Crippen LogP contribution in [0.3, 0.4) is 0 Å². The molecule has 0 unspecified atom stereocenters. The van der Waals surface area contributed by atoms with Crippen LogP contribution in [-0.4, -0.2) is 41.8 Å². The molecule has 0 aliphatic rings. The molecule has 3 rings (SSSR count). The molecular weight excluding hydrogens is 480 g/mol. The van der Waals surface area contributed by atoms with Gasteiger partial charge < -0.3 is 9.30 Å². The lowest BCUT2D eigenvalue weighted by Crippen LogP contribution is -2.42. The number of esters is 1. The van der Waals surface area contributed by atoms with Gasteiger partial charge in [-0.2, -0.15) is 4.72 Å². The minimum absolute atomic E-state index is 0.105. The zero-order chi connectivity index (χ0) is 24.0. The molecule has 0 aliphatic heterocycles. The molecule has 1 aromatic carbocycles. The van der Waals surface area contributed by atoms with Crippen LogP contribution in [0.15, 0.2) is 51.8 Å². The second-order valence-electron chi connectivity index (χ2n) is 7.83. The average Bonchev–Trinajstić information content (AvgIpc) is 3.41. The molecule has 33 heavy (non-hydrogen) atoms. The molecule has 178 valence electrons. The molecule has 0 saturated heterocycles. The summed E-state index contributed by atoms with van der Waals surface area (Å²) in [7, 11) is -1.94. The van der Waals surface area contributed by atoms with Gasteiger partial charge in [0.25, 0.3) is 0 Å². The van der Waals surface area contributed by atoms with Crippen molar-refractivity contribution in [1.29, 1.82) is 0 Å². The number of aromatic nitrogens is 3. The first-order valence-corrected chi connectivity index (χ1v) is 13.9. The van der Waals surface area contributed by atoms with Crippen LogP contribution in [0, 0.1) is 5.92 Å². The molecule has 1 N–H and O–H groups in total. The lowest BCUT2D eigenvalue weighted by Gasteiger charge is -2.19. The number of rotatable bonds is 11. The maximum absolute atomic E-state index is 12.8. The van der Waals surface area contributed by atoms with Crippen molar-refractivity contribution in [3.05, 3.63) is 47.3 Å². The average molecular weight is 509 g/mol. The SMILES string of the molecule is CCOC(=O)[C@H](CC(C)C)NS(=O)(=O)c1ccc(CSc2nnc(-c3cccs3)n2C)cc1. The Morgan fingerprint density at radius 2 is 1.94 bits per heavy atom. The van der Waals surface area contributed by atoms with Crippen molar-refractivity contribution >= 4 is 39.1 Å². The Morgan fingerprint density at radius 3 is 2.55 bits per heavy atom.